The number of amides is 2. The lowest BCUT2D eigenvalue weighted by molar-refractivity contribution is -0.123. The Balaban J connectivity index is 1.86. The van der Waals surface area contributed by atoms with Crippen LogP contribution in [0.2, 0.25) is 0 Å². The quantitative estimate of drug-likeness (QED) is 0.547. The molecule has 6 heteroatoms. The van der Waals surface area contributed by atoms with Crippen molar-refractivity contribution in [1.29, 1.82) is 5.26 Å². The molecule has 0 aromatic heterocycles. The van der Waals surface area contributed by atoms with Gasteiger partial charge in [0.2, 0.25) is 0 Å². The average molecular weight is 377 g/mol. The molecular formula is C22H23N3O3. The largest absolute Gasteiger partial charge is 0.484 e. The molecule has 2 aromatic carbocycles. The van der Waals surface area contributed by atoms with E-state index in [-0.39, 0.29) is 24.1 Å². The molecule has 144 valence electrons. The molecule has 0 atom stereocenters. The molecule has 28 heavy (non-hydrogen) atoms. The van der Waals surface area contributed by atoms with Crippen molar-refractivity contribution in [3.8, 4) is 11.8 Å². The maximum Gasteiger partial charge on any atom is 0.262 e. The number of nitrogens with zero attached hydrogens (tertiary/aromatic N) is 1. The second-order valence-electron chi connectivity index (χ2n) is 6.42. The Hall–Kier alpha value is -3.59. The van der Waals surface area contributed by atoms with Gasteiger partial charge in [0.25, 0.3) is 11.8 Å². The number of nitrogens with one attached hydrogen (secondary N) is 2. The fraction of sp³-hybridized carbons (Fsp3) is 0.227. The first-order valence-corrected chi connectivity index (χ1v) is 8.94. The number of hydrogen-bond donors (Lipinski definition) is 2. The van der Waals surface area contributed by atoms with Gasteiger partial charge in [-0.25, -0.2) is 0 Å². The first-order valence-electron chi connectivity index (χ1n) is 8.94. The number of hydrogen-bond acceptors (Lipinski definition) is 4. The summed E-state index contributed by atoms with van der Waals surface area (Å²) < 4.78 is 5.47. The van der Waals surface area contributed by atoms with E-state index >= 15 is 0 Å². The van der Waals surface area contributed by atoms with E-state index in [1.165, 1.54) is 6.08 Å². The van der Waals surface area contributed by atoms with Gasteiger partial charge in [0.1, 0.15) is 17.4 Å². The molecule has 0 saturated carbocycles. The highest BCUT2D eigenvalue weighted by molar-refractivity contribution is 6.01. The van der Waals surface area contributed by atoms with Crippen LogP contribution in [0.25, 0.3) is 6.08 Å². The van der Waals surface area contributed by atoms with Crippen LogP contribution in [0.15, 0.2) is 60.2 Å². The van der Waals surface area contributed by atoms with Crippen molar-refractivity contribution < 1.29 is 14.3 Å². The summed E-state index contributed by atoms with van der Waals surface area (Å²) in [6, 6.07) is 18.3. The third-order valence-electron chi connectivity index (χ3n) is 3.68. The molecule has 0 saturated heterocycles. The van der Waals surface area contributed by atoms with Gasteiger partial charge in [-0.1, -0.05) is 42.5 Å². The number of benzene rings is 2. The second-order valence-corrected chi connectivity index (χ2v) is 6.42. The molecule has 0 heterocycles. The Bertz CT molecular complexity index is 866. The Labute approximate surface area is 164 Å². The molecule has 0 aliphatic carbocycles. The van der Waals surface area contributed by atoms with Gasteiger partial charge >= 0.3 is 0 Å². The fourth-order valence-corrected chi connectivity index (χ4v) is 2.31. The van der Waals surface area contributed by atoms with Gasteiger partial charge in [0.05, 0.1) is 0 Å². The summed E-state index contributed by atoms with van der Waals surface area (Å²) in [7, 11) is 0. The zero-order valence-electron chi connectivity index (χ0n) is 15.9. The first-order chi connectivity index (χ1) is 13.5. The molecule has 0 fully saturated rings. The zero-order valence-corrected chi connectivity index (χ0v) is 15.9. The normalized spacial score (nSPS) is 10.9. The van der Waals surface area contributed by atoms with E-state index in [2.05, 4.69) is 10.6 Å². The van der Waals surface area contributed by atoms with Gasteiger partial charge in [0, 0.05) is 12.6 Å². The molecule has 2 rings (SSSR count). The molecule has 0 spiro atoms. The Kier molecular flexibility index (Phi) is 7.79. The number of ether oxygens (including phenoxy) is 1. The lowest BCUT2D eigenvalue weighted by Crippen LogP contribution is -2.30. The van der Waals surface area contributed by atoms with Gasteiger partial charge in [-0.3, -0.25) is 9.59 Å². The highest BCUT2D eigenvalue weighted by atomic mass is 16.5. The van der Waals surface area contributed by atoms with Crippen LogP contribution in [0.4, 0.5) is 0 Å². The lowest BCUT2D eigenvalue weighted by atomic mass is 10.1. The number of rotatable bonds is 8. The van der Waals surface area contributed by atoms with E-state index in [4.69, 9.17) is 10.00 Å². The van der Waals surface area contributed by atoms with Gasteiger partial charge in [0.15, 0.2) is 6.61 Å². The third kappa shape index (κ3) is 6.96. The third-order valence-corrected chi connectivity index (χ3v) is 3.68. The van der Waals surface area contributed by atoms with Crippen LogP contribution in [0.5, 0.6) is 5.75 Å². The highest BCUT2D eigenvalue weighted by Gasteiger charge is 2.10. The van der Waals surface area contributed by atoms with Crippen molar-refractivity contribution >= 4 is 17.9 Å². The van der Waals surface area contributed by atoms with E-state index in [0.29, 0.717) is 17.9 Å². The van der Waals surface area contributed by atoms with Gasteiger partial charge in [-0.15, -0.1) is 0 Å². The van der Waals surface area contributed by atoms with E-state index in [0.717, 1.165) is 5.56 Å². The summed E-state index contributed by atoms with van der Waals surface area (Å²) in [5.74, 6) is -0.102. The van der Waals surface area contributed by atoms with Gasteiger partial charge in [-0.05, 0) is 43.2 Å². The van der Waals surface area contributed by atoms with E-state index < -0.39 is 5.91 Å². The molecule has 6 nitrogen and oxygen atoms in total. The lowest BCUT2D eigenvalue weighted by Gasteiger charge is -2.08. The predicted molar refractivity (Wildman–Crippen MR) is 107 cm³/mol. The predicted octanol–water partition coefficient (Wildman–Crippen LogP) is 2.81. The Morgan fingerprint density at radius 1 is 1.11 bits per heavy atom. The van der Waals surface area contributed by atoms with Crippen molar-refractivity contribution in [2.75, 3.05) is 6.61 Å². The summed E-state index contributed by atoms with van der Waals surface area (Å²) >= 11 is 0. The molecule has 0 radical (unpaired) electrons. The SMILES string of the molecule is CC(C)NC(=O)/C(C#N)=C/c1ccc(OCC(=O)NCc2ccccc2)cc1. The van der Waals surface area contributed by atoms with Crippen LogP contribution in [-0.2, 0) is 16.1 Å². The Morgan fingerprint density at radius 3 is 2.39 bits per heavy atom. The van der Waals surface area contributed by atoms with E-state index in [1.807, 2.05) is 50.2 Å². The van der Waals surface area contributed by atoms with Crippen molar-refractivity contribution in [1.82, 2.24) is 10.6 Å². The zero-order chi connectivity index (χ0) is 20.4. The fourth-order valence-electron chi connectivity index (χ4n) is 2.31. The Morgan fingerprint density at radius 2 is 1.79 bits per heavy atom. The van der Waals surface area contributed by atoms with E-state index in [9.17, 15) is 9.59 Å². The molecular weight excluding hydrogens is 354 g/mol. The molecule has 2 aromatic rings. The van der Waals surface area contributed by atoms with Gasteiger partial charge < -0.3 is 15.4 Å². The highest BCUT2D eigenvalue weighted by Crippen LogP contribution is 2.14. The minimum Gasteiger partial charge on any atom is -0.484 e. The van der Waals surface area contributed by atoms with Crippen LogP contribution in [0.1, 0.15) is 25.0 Å². The average Bonchev–Trinajstić information content (AvgIpc) is 2.70. The minimum absolute atomic E-state index is 0.0302. The first kappa shape index (κ1) is 20.7. The number of carbonyl (C=O) groups is 2. The number of carbonyl (C=O) groups excluding carboxylic acids is 2. The standard InChI is InChI=1S/C22H23N3O3/c1-16(2)25-22(27)19(13-23)12-17-8-10-20(11-9-17)28-15-21(26)24-14-18-6-4-3-5-7-18/h3-12,16H,14-15H2,1-2H3,(H,24,26)(H,25,27)/b19-12+. The van der Waals surface area contributed by atoms with Crippen molar-refractivity contribution in [2.24, 2.45) is 0 Å². The minimum atomic E-state index is -0.409. The summed E-state index contributed by atoms with van der Waals surface area (Å²) in [6.07, 6.45) is 1.51. The molecule has 0 aliphatic heterocycles. The molecule has 2 N–H and O–H groups in total. The van der Waals surface area contributed by atoms with Crippen LogP contribution < -0.4 is 15.4 Å². The van der Waals surface area contributed by atoms with Gasteiger partial charge in [-0.2, -0.15) is 5.26 Å². The second kappa shape index (κ2) is 10.5. The summed E-state index contributed by atoms with van der Waals surface area (Å²) in [5.41, 5.74) is 1.74. The molecule has 0 bridgehead atoms. The summed E-state index contributed by atoms with van der Waals surface area (Å²) in [5, 5.41) is 14.6. The topological polar surface area (TPSA) is 91.2 Å². The number of nitriles is 1. The van der Waals surface area contributed by atoms with Crippen LogP contribution in [0, 0.1) is 11.3 Å². The van der Waals surface area contributed by atoms with Crippen LogP contribution in [-0.4, -0.2) is 24.5 Å². The monoisotopic (exact) mass is 377 g/mol. The molecule has 0 aliphatic rings. The molecule has 2 amide bonds. The van der Waals surface area contributed by atoms with Crippen LogP contribution in [0.3, 0.4) is 0 Å². The maximum atomic E-state index is 11.9. The van der Waals surface area contributed by atoms with Crippen LogP contribution >= 0.6 is 0 Å². The van der Waals surface area contributed by atoms with Crippen molar-refractivity contribution in [3.05, 3.63) is 71.3 Å². The van der Waals surface area contributed by atoms with E-state index in [1.54, 1.807) is 24.3 Å². The smallest absolute Gasteiger partial charge is 0.262 e. The maximum absolute atomic E-state index is 11.9. The summed E-state index contributed by atoms with van der Waals surface area (Å²) in [6.45, 7) is 4.01. The molecule has 0 unspecified atom stereocenters. The summed E-state index contributed by atoms with van der Waals surface area (Å²) in [4.78, 5) is 23.8. The van der Waals surface area contributed by atoms with Crippen molar-refractivity contribution in [3.63, 3.8) is 0 Å². The van der Waals surface area contributed by atoms with Crippen molar-refractivity contribution in [2.45, 2.75) is 26.4 Å².